The first kappa shape index (κ1) is 17.5. The Morgan fingerprint density at radius 2 is 2.22 bits per heavy atom. The third-order valence-electron chi connectivity index (χ3n) is 3.91. The molecule has 126 valence electrons. The molecule has 1 atom stereocenters. The zero-order chi connectivity index (χ0) is 16.7. The minimum atomic E-state index is 0.482. The van der Waals surface area contributed by atoms with Crippen LogP contribution in [0.1, 0.15) is 41.2 Å². The van der Waals surface area contributed by atoms with Gasteiger partial charge in [-0.2, -0.15) is 0 Å². The van der Waals surface area contributed by atoms with E-state index in [1.165, 1.54) is 10.4 Å². The fourth-order valence-corrected chi connectivity index (χ4v) is 3.26. The second-order valence-corrected chi connectivity index (χ2v) is 6.68. The summed E-state index contributed by atoms with van der Waals surface area (Å²) in [7, 11) is 1.80. The van der Waals surface area contributed by atoms with Crippen molar-refractivity contribution >= 4 is 17.3 Å². The minimum absolute atomic E-state index is 0.482. The van der Waals surface area contributed by atoms with E-state index in [0.29, 0.717) is 5.92 Å². The highest BCUT2D eigenvalue weighted by Gasteiger charge is 2.09. The summed E-state index contributed by atoms with van der Waals surface area (Å²) in [5, 5.41) is 12.9. The summed E-state index contributed by atoms with van der Waals surface area (Å²) in [5.41, 5.74) is 2.22. The molecule has 5 nitrogen and oxygen atoms in total. The van der Waals surface area contributed by atoms with Crippen molar-refractivity contribution in [2.24, 2.45) is 4.99 Å². The van der Waals surface area contributed by atoms with Crippen molar-refractivity contribution in [2.45, 2.75) is 39.5 Å². The predicted molar refractivity (Wildman–Crippen MR) is 96.4 cm³/mol. The van der Waals surface area contributed by atoms with Crippen LogP contribution in [0.15, 0.2) is 27.0 Å². The second kappa shape index (κ2) is 8.72. The highest BCUT2D eigenvalue weighted by molar-refractivity contribution is 7.10. The molecule has 0 amide bonds. The fourth-order valence-electron chi connectivity index (χ4n) is 2.47. The molecule has 0 aromatic carbocycles. The maximum absolute atomic E-state index is 5.19. The Kier molecular flexibility index (Phi) is 6.65. The molecule has 2 heterocycles. The molecule has 0 fully saturated rings. The van der Waals surface area contributed by atoms with E-state index in [4.69, 9.17) is 4.52 Å². The van der Waals surface area contributed by atoms with Crippen molar-refractivity contribution in [3.63, 3.8) is 0 Å². The molecule has 2 aromatic heterocycles. The summed E-state index contributed by atoms with van der Waals surface area (Å²) >= 11 is 1.80. The van der Waals surface area contributed by atoms with E-state index in [1.807, 2.05) is 13.8 Å². The van der Waals surface area contributed by atoms with Gasteiger partial charge in [-0.15, -0.1) is 11.3 Å². The molecule has 0 aliphatic rings. The van der Waals surface area contributed by atoms with Gasteiger partial charge >= 0.3 is 0 Å². The summed E-state index contributed by atoms with van der Waals surface area (Å²) in [6, 6.07) is 4.27. The number of nitrogens with zero attached hydrogens (tertiary/aromatic N) is 2. The van der Waals surface area contributed by atoms with Crippen LogP contribution in [0.25, 0.3) is 0 Å². The van der Waals surface area contributed by atoms with Gasteiger partial charge in [0.05, 0.1) is 5.69 Å². The number of hydrogen-bond donors (Lipinski definition) is 2. The highest BCUT2D eigenvalue weighted by atomic mass is 32.1. The molecular weight excluding hydrogens is 308 g/mol. The number of aliphatic imine (C=N–C) groups is 1. The first-order chi connectivity index (χ1) is 11.1. The number of hydrogen-bond acceptors (Lipinski definition) is 4. The van der Waals surface area contributed by atoms with Crippen LogP contribution in [0.5, 0.6) is 0 Å². The largest absolute Gasteiger partial charge is 0.361 e. The molecule has 0 radical (unpaired) electrons. The first-order valence-corrected chi connectivity index (χ1v) is 8.89. The van der Waals surface area contributed by atoms with Crippen molar-refractivity contribution in [1.82, 2.24) is 15.8 Å². The zero-order valence-electron chi connectivity index (χ0n) is 14.3. The van der Waals surface area contributed by atoms with Crippen LogP contribution in [-0.4, -0.2) is 31.3 Å². The maximum atomic E-state index is 5.19. The molecule has 0 spiro atoms. The number of thiophene rings is 1. The summed E-state index contributed by atoms with van der Waals surface area (Å²) in [6.07, 6.45) is 1.99. The van der Waals surface area contributed by atoms with Gasteiger partial charge in [0.2, 0.25) is 0 Å². The Morgan fingerprint density at radius 3 is 2.83 bits per heavy atom. The van der Waals surface area contributed by atoms with E-state index >= 15 is 0 Å². The molecular formula is C17H26N4OS. The number of guanidine groups is 1. The standard InChI is InChI=1S/C17H26N4OS/c1-12(16-8-6-10-23-16)11-20-17(18-4)19-9-5-7-15-13(2)21-22-14(15)3/h6,8,10,12H,5,7,9,11H2,1-4H3,(H2,18,19,20). The summed E-state index contributed by atoms with van der Waals surface area (Å²) in [6.45, 7) is 7.94. The van der Waals surface area contributed by atoms with Crippen LogP contribution in [0.2, 0.25) is 0 Å². The number of nitrogens with one attached hydrogen (secondary N) is 2. The molecule has 2 aromatic rings. The van der Waals surface area contributed by atoms with Gasteiger partial charge in [0.1, 0.15) is 5.76 Å². The van der Waals surface area contributed by atoms with Gasteiger partial charge in [0.25, 0.3) is 0 Å². The first-order valence-electron chi connectivity index (χ1n) is 8.01. The van der Waals surface area contributed by atoms with E-state index < -0.39 is 0 Å². The van der Waals surface area contributed by atoms with Crippen LogP contribution in [0.3, 0.4) is 0 Å². The molecule has 6 heteroatoms. The van der Waals surface area contributed by atoms with Crippen molar-refractivity contribution in [1.29, 1.82) is 0 Å². The Balaban J connectivity index is 1.69. The lowest BCUT2D eigenvalue weighted by Crippen LogP contribution is -2.39. The normalized spacial score (nSPS) is 13.1. The SMILES string of the molecule is CN=C(NCCCc1c(C)noc1C)NCC(C)c1cccs1. The van der Waals surface area contributed by atoms with Crippen molar-refractivity contribution in [2.75, 3.05) is 20.1 Å². The quantitative estimate of drug-likeness (QED) is 0.463. The fraction of sp³-hybridized carbons (Fsp3) is 0.529. The van der Waals surface area contributed by atoms with Crippen LogP contribution in [0.4, 0.5) is 0 Å². The summed E-state index contributed by atoms with van der Waals surface area (Å²) < 4.78 is 5.19. The second-order valence-electron chi connectivity index (χ2n) is 5.70. The van der Waals surface area contributed by atoms with Gasteiger partial charge in [-0.3, -0.25) is 4.99 Å². The van der Waals surface area contributed by atoms with E-state index in [2.05, 4.69) is 45.2 Å². The van der Waals surface area contributed by atoms with E-state index in [-0.39, 0.29) is 0 Å². The third kappa shape index (κ3) is 5.10. The maximum Gasteiger partial charge on any atom is 0.190 e. The smallest absolute Gasteiger partial charge is 0.190 e. The average Bonchev–Trinajstić information content (AvgIpc) is 3.18. The van der Waals surface area contributed by atoms with Crippen molar-refractivity contribution < 1.29 is 4.52 Å². The van der Waals surface area contributed by atoms with Gasteiger partial charge in [-0.1, -0.05) is 18.1 Å². The number of rotatable bonds is 7. The summed E-state index contributed by atoms with van der Waals surface area (Å²) in [4.78, 5) is 5.67. The van der Waals surface area contributed by atoms with Gasteiger partial charge < -0.3 is 15.2 Å². The molecule has 23 heavy (non-hydrogen) atoms. The van der Waals surface area contributed by atoms with E-state index in [1.54, 1.807) is 18.4 Å². The van der Waals surface area contributed by atoms with Crippen LogP contribution in [0, 0.1) is 13.8 Å². The Bertz CT molecular complexity index is 599. The van der Waals surface area contributed by atoms with Crippen LogP contribution < -0.4 is 10.6 Å². The topological polar surface area (TPSA) is 62.5 Å². The van der Waals surface area contributed by atoms with Gasteiger partial charge in [-0.25, -0.2) is 0 Å². The molecule has 0 bridgehead atoms. The lowest BCUT2D eigenvalue weighted by atomic mass is 10.1. The Labute approximate surface area is 142 Å². The van der Waals surface area contributed by atoms with E-state index in [0.717, 1.165) is 43.3 Å². The molecule has 0 aliphatic heterocycles. The molecule has 0 saturated heterocycles. The monoisotopic (exact) mass is 334 g/mol. The number of aromatic nitrogens is 1. The molecule has 0 saturated carbocycles. The van der Waals surface area contributed by atoms with Crippen molar-refractivity contribution in [3.8, 4) is 0 Å². The Hall–Kier alpha value is -1.82. The lowest BCUT2D eigenvalue weighted by molar-refractivity contribution is 0.392. The van der Waals surface area contributed by atoms with E-state index in [9.17, 15) is 0 Å². The average molecular weight is 334 g/mol. The Morgan fingerprint density at radius 1 is 1.39 bits per heavy atom. The summed E-state index contributed by atoms with van der Waals surface area (Å²) in [5.74, 6) is 2.26. The minimum Gasteiger partial charge on any atom is -0.361 e. The zero-order valence-corrected chi connectivity index (χ0v) is 15.2. The van der Waals surface area contributed by atoms with Gasteiger partial charge in [-0.05, 0) is 38.1 Å². The molecule has 2 rings (SSSR count). The predicted octanol–water partition coefficient (Wildman–Crippen LogP) is 3.25. The lowest BCUT2D eigenvalue weighted by Gasteiger charge is -2.15. The van der Waals surface area contributed by atoms with Gasteiger partial charge in [0, 0.05) is 36.5 Å². The van der Waals surface area contributed by atoms with Crippen LogP contribution in [-0.2, 0) is 6.42 Å². The van der Waals surface area contributed by atoms with Gasteiger partial charge in [0.15, 0.2) is 5.96 Å². The molecule has 0 aliphatic carbocycles. The molecule has 2 N–H and O–H groups in total. The highest BCUT2D eigenvalue weighted by Crippen LogP contribution is 2.19. The number of aryl methyl sites for hydroxylation is 2. The third-order valence-corrected chi connectivity index (χ3v) is 5.01. The molecule has 1 unspecified atom stereocenters. The van der Waals surface area contributed by atoms with Crippen molar-refractivity contribution in [3.05, 3.63) is 39.4 Å². The van der Waals surface area contributed by atoms with Crippen LogP contribution >= 0.6 is 11.3 Å².